The molecule has 182 valence electrons. The first-order valence-corrected chi connectivity index (χ1v) is 10.6. The monoisotopic (exact) mass is 478 g/mol. The van der Waals surface area contributed by atoms with Gasteiger partial charge < -0.3 is 25.4 Å². The summed E-state index contributed by atoms with van der Waals surface area (Å²) >= 11 is 0. The number of aliphatic carboxylic acids is 1. The maximum Gasteiger partial charge on any atom is 0.341 e. The molecule has 4 N–H and O–H groups in total. The zero-order valence-corrected chi connectivity index (χ0v) is 18.2. The van der Waals surface area contributed by atoms with Gasteiger partial charge in [-0.05, 0) is 38.2 Å². The summed E-state index contributed by atoms with van der Waals surface area (Å²) in [7, 11) is 0. The summed E-state index contributed by atoms with van der Waals surface area (Å²) in [4.78, 5) is 57.9. The number of amides is 1. The van der Waals surface area contributed by atoms with E-state index in [0.29, 0.717) is 38.3 Å². The molecule has 1 aromatic carbocycles. The first-order chi connectivity index (χ1) is 16.0. The molecular formula is C21H23FN4O8. The minimum atomic E-state index is -1.54. The van der Waals surface area contributed by atoms with Gasteiger partial charge in [0.1, 0.15) is 17.1 Å². The molecule has 0 saturated heterocycles. The number of halogens is 1. The van der Waals surface area contributed by atoms with Gasteiger partial charge in [-0.25, -0.2) is 14.0 Å². The van der Waals surface area contributed by atoms with Crippen molar-refractivity contribution in [3.8, 4) is 0 Å². The molecule has 1 fully saturated rings. The van der Waals surface area contributed by atoms with Crippen molar-refractivity contribution >= 4 is 40.1 Å². The lowest BCUT2D eigenvalue weighted by Crippen LogP contribution is -2.31. The summed E-state index contributed by atoms with van der Waals surface area (Å²) in [5.74, 6) is -4.40. The van der Waals surface area contributed by atoms with Crippen molar-refractivity contribution in [1.82, 2.24) is 9.88 Å². The van der Waals surface area contributed by atoms with Crippen molar-refractivity contribution < 1.29 is 33.9 Å². The maximum atomic E-state index is 15.1. The molecule has 1 unspecified atom stereocenters. The Kier molecular flexibility index (Phi) is 7.13. The molecule has 1 atom stereocenters. The smallest absolute Gasteiger partial charge is 0.341 e. The van der Waals surface area contributed by atoms with Crippen LogP contribution in [0.1, 0.15) is 55.4 Å². The van der Waals surface area contributed by atoms with E-state index in [9.17, 15) is 39.5 Å². The molecule has 1 aliphatic rings. The third-order valence-electron chi connectivity index (χ3n) is 5.51. The van der Waals surface area contributed by atoms with E-state index in [1.54, 1.807) is 0 Å². The number of nitro benzene ring substituents is 1. The van der Waals surface area contributed by atoms with Crippen LogP contribution in [-0.4, -0.2) is 50.1 Å². The van der Waals surface area contributed by atoms with Crippen LogP contribution in [0, 0.1) is 15.9 Å². The van der Waals surface area contributed by atoms with Crippen molar-refractivity contribution in [2.45, 2.75) is 51.1 Å². The number of carbonyl (C=O) groups excluding carboxylic acids is 1. The van der Waals surface area contributed by atoms with Gasteiger partial charge in [-0.2, -0.15) is 0 Å². The fraction of sp³-hybridized carbons (Fsp3) is 0.429. The molecule has 12 nitrogen and oxygen atoms in total. The van der Waals surface area contributed by atoms with Crippen molar-refractivity contribution in [3.63, 3.8) is 0 Å². The van der Waals surface area contributed by atoms with E-state index in [4.69, 9.17) is 0 Å². The molecule has 0 aliphatic heterocycles. The molecule has 1 aliphatic carbocycles. The van der Waals surface area contributed by atoms with Gasteiger partial charge in [0.05, 0.1) is 10.3 Å². The Morgan fingerprint density at radius 2 is 1.97 bits per heavy atom. The maximum absolute atomic E-state index is 15.1. The predicted octanol–water partition coefficient (Wildman–Crippen LogP) is 2.25. The summed E-state index contributed by atoms with van der Waals surface area (Å²) < 4.78 is 16.3. The van der Waals surface area contributed by atoms with Crippen molar-refractivity contribution in [2.24, 2.45) is 0 Å². The van der Waals surface area contributed by atoms with Crippen LogP contribution in [0.5, 0.6) is 0 Å². The third-order valence-corrected chi connectivity index (χ3v) is 5.51. The fourth-order valence-corrected chi connectivity index (χ4v) is 3.75. The van der Waals surface area contributed by atoms with Crippen molar-refractivity contribution in [3.05, 3.63) is 44.0 Å². The molecule has 0 bridgehead atoms. The number of aromatic nitrogens is 1. The summed E-state index contributed by atoms with van der Waals surface area (Å²) in [5.41, 5.74) is -3.50. The van der Waals surface area contributed by atoms with E-state index in [-0.39, 0.29) is 23.9 Å². The zero-order chi connectivity index (χ0) is 25.2. The Hall–Kier alpha value is -4.03. The van der Waals surface area contributed by atoms with Crippen LogP contribution in [0.15, 0.2) is 17.1 Å². The lowest BCUT2D eigenvalue weighted by atomic mass is 10.1. The highest BCUT2D eigenvalue weighted by atomic mass is 19.1. The van der Waals surface area contributed by atoms with E-state index in [1.165, 1.54) is 11.5 Å². The molecule has 2 aromatic rings. The number of carboxylic acid groups (broad SMARTS) is 2. The number of nitrogens with zero attached hydrogens (tertiary/aromatic N) is 2. The molecular weight excluding hydrogens is 455 g/mol. The van der Waals surface area contributed by atoms with Gasteiger partial charge in [0.25, 0.3) is 0 Å². The molecule has 1 aromatic heterocycles. The van der Waals surface area contributed by atoms with E-state index >= 15 is 4.39 Å². The van der Waals surface area contributed by atoms with Gasteiger partial charge in [-0.3, -0.25) is 19.7 Å². The lowest BCUT2D eigenvalue weighted by Gasteiger charge is -2.19. The number of carboxylic acids is 2. The average molecular weight is 478 g/mol. The van der Waals surface area contributed by atoms with Crippen LogP contribution < -0.4 is 16.1 Å². The summed E-state index contributed by atoms with van der Waals surface area (Å²) in [6.07, 6.45) is 2.92. The Labute approximate surface area is 191 Å². The van der Waals surface area contributed by atoms with E-state index < -0.39 is 56.5 Å². The van der Waals surface area contributed by atoms with Gasteiger partial charge in [0, 0.05) is 25.7 Å². The number of nitro groups is 1. The van der Waals surface area contributed by atoms with Gasteiger partial charge in [-0.1, -0.05) is 0 Å². The number of fused-ring (bicyclic) bond motifs is 1. The second kappa shape index (κ2) is 9.85. The molecule has 3 rings (SSSR count). The van der Waals surface area contributed by atoms with Gasteiger partial charge in [-0.15, -0.1) is 0 Å². The number of anilines is 1. The number of aromatic carboxylic acids is 1. The van der Waals surface area contributed by atoms with E-state index in [1.807, 2.05) is 0 Å². The summed E-state index contributed by atoms with van der Waals surface area (Å²) in [6.45, 7) is 1.65. The Morgan fingerprint density at radius 3 is 2.50 bits per heavy atom. The Bertz CT molecular complexity index is 1240. The number of rotatable bonds is 11. The number of benzene rings is 1. The molecule has 13 heteroatoms. The minimum absolute atomic E-state index is 0.0169. The second-order valence-electron chi connectivity index (χ2n) is 8.06. The lowest BCUT2D eigenvalue weighted by molar-refractivity contribution is -0.382. The first-order valence-electron chi connectivity index (χ1n) is 10.6. The Morgan fingerprint density at radius 1 is 1.29 bits per heavy atom. The highest BCUT2D eigenvalue weighted by molar-refractivity contribution is 5.99. The summed E-state index contributed by atoms with van der Waals surface area (Å²) in [6, 6.07) is -0.988. The van der Waals surface area contributed by atoms with Crippen LogP contribution in [0.3, 0.4) is 0 Å². The van der Waals surface area contributed by atoms with Gasteiger partial charge in [0.15, 0.2) is 11.5 Å². The molecule has 0 spiro atoms. The quantitative estimate of drug-likeness (QED) is 0.214. The minimum Gasteiger partial charge on any atom is -0.480 e. The SMILES string of the molecule is CC(=O)NCCCCC(Nc1c(F)cc2c(=O)c(C(=O)O)cn(C3CC3)c2c1[N+](=O)[O-])C(=O)O. The van der Waals surface area contributed by atoms with E-state index in [0.717, 1.165) is 6.20 Å². The molecule has 1 saturated carbocycles. The number of hydrogen-bond acceptors (Lipinski definition) is 7. The standard InChI is InChI=1S/C21H23FN4O8/c1-10(27)23-7-3-2-4-15(21(31)32)24-16-14(22)8-12-17(18(16)26(33)34)25(11-5-6-11)9-13(19(12)28)20(29)30/h8-9,11,15,24H,2-7H2,1H3,(H,23,27)(H,29,30)(H,31,32). The number of nitrogens with one attached hydrogen (secondary N) is 2. The molecule has 0 radical (unpaired) electrons. The van der Waals surface area contributed by atoms with Gasteiger partial charge >= 0.3 is 17.6 Å². The summed E-state index contributed by atoms with van der Waals surface area (Å²) in [5, 5.41) is 35.4. The number of carbonyl (C=O) groups is 3. The first kappa shape index (κ1) is 24.6. The normalized spacial score (nSPS) is 13.9. The third kappa shape index (κ3) is 5.13. The second-order valence-corrected chi connectivity index (χ2v) is 8.06. The van der Waals surface area contributed by atoms with Crippen LogP contribution in [0.4, 0.5) is 15.8 Å². The number of unbranched alkanes of at least 4 members (excludes halogenated alkanes) is 1. The van der Waals surface area contributed by atoms with Crippen LogP contribution in [0.2, 0.25) is 0 Å². The van der Waals surface area contributed by atoms with Crippen molar-refractivity contribution in [1.29, 1.82) is 0 Å². The highest BCUT2D eigenvalue weighted by Gasteiger charge is 2.34. The largest absolute Gasteiger partial charge is 0.480 e. The van der Waals surface area contributed by atoms with Crippen LogP contribution >= 0.6 is 0 Å². The molecule has 1 amide bonds. The van der Waals surface area contributed by atoms with Crippen LogP contribution in [0.25, 0.3) is 10.9 Å². The Balaban J connectivity index is 2.07. The topological polar surface area (TPSA) is 181 Å². The molecule has 1 heterocycles. The highest BCUT2D eigenvalue weighted by Crippen LogP contribution is 2.42. The number of hydrogen-bond donors (Lipinski definition) is 4. The van der Waals surface area contributed by atoms with E-state index in [2.05, 4.69) is 10.6 Å². The fourth-order valence-electron chi connectivity index (χ4n) is 3.75. The average Bonchev–Trinajstić information content (AvgIpc) is 3.58. The number of pyridine rings is 1. The predicted molar refractivity (Wildman–Crippen MR) is 118 cm³/mol. The molecule has 34 heavy (non-hydrogen) atoms. The zero-order valence-electron chi connectivity index (χ0n) is 18.2. The van der Waals surface area contributed by atoms with Gasteiger partial charge in [0.2, 0.25) is 11.3 Å². The van der Waals surface area contributed by atoms with Crippen molar-refractivity contribution in [2.75, 3.05) is 11.9 Å². The van der Waals surface area contributed by atoms with Crippen LogP contribution in [-0.2, 0) is 9.59 Å².